The van der Waals surface area contributed by atoms with Crippen LogP contribution in [0.3, 0.4) is 0 Å². The van der Waals surface area contributed by atoms with Crippen LogP contribution in [0.25, 0.3) is 0 Å². The van der Waals surface area contributed by atoms with E-state index in [4.69, 9.17) is 4.74 Å². The second kappa shape index (κ2) is 8.72. The highest BCUT2D eigenvalue weighted by Gasteiger charge is 2.12. The Morgan fingerprint density at radius 1 is 1.19 bits per heavy atom. The van der Waals surface area contributed by atoms with Crippen molar-refractivity contribution < 1.29 is 14.5 Å². The number of benzene rings is 2. The monoisotopic (exact) mass is 381 g/mol. The number of nitrogens with one attached hydrogen (secondary N) is 1. The van der Waals surface area contributed by atoms with Gasteiger partial charge in [-0.2, -0.15) is 5.10 Å². The molecule has 1 aromatic heterocycles. The molecular weight excluding hydrogens is 366 g/mol. The lowest BCUT2D eigenvalue weighted by atomic mass is 10.2. The molecule has 2 aromatic carbocycles. The summed E-state index contributed by atoms with van der Waals surface area (Å²) in [6, 6.07) is 17.9. The number of carbonyl (C=O) groups excluding carboxylic acids is 1. The summed E-state index contributed by atoms with van der Waals surface area (Å²) in [5.41, 5.74) is 3.75. The molecule has 0 unspecified atom stereocenters. The van der Waals surface area contributed by atoms with Crippen molar-refractivity contribution in [3.63, 3.8) is 0 Å². The molecule has 0 atom stereocenters. The van der Waals surface area contributed by atoms with Gasteiger partial charge in [-0.25, -0.2) is 5.43 Å². The van der Waals surface area contributed by atoms with Crippen LogP contribution in [0.1, 0.15) is 20.8 Å². The fourth-order valence-corrected chi connectivity index (χ4v) is 2.95. The number of para-hydroxylation sites is 1. The first-order valence-corrected chi connectivity index (χ1v) is 8.83. The van der Waals surface area contributed by atoms with Crippen molar-refractivity contribution in [2.75, 3.05) is 0 Å². The highest BCUT2D eigenvalue weighted by molar-refractivity contribution is 7.12. The van der Waals surface area contributed by atoms with Gasteiger partial charge in [-0.3, -0.25) is 14.9 Å². The van der Waals surface area contributed by atoms with Crippen molar-refractivity contribution in [3.05, 3.63) is 92.2 Å². The summed E-state index contributed by atoms with van der Waals surface area (Å²) in [6.07, 6.45) is 1.36. The van der Waals surface area contributed by atoms with E-state index in [0.29, 0.717) is 22.8 Å². The van der Waals surface area contributed by atoms with E-state index in [1.165, 1.54) is 29.0 Å². The summed E-state index contributed by atoms with van der Waals surface area (Å²) < 4.78 is 5.75. The average Bonchev–Trinajstić information content (AvgIpc) is 3.17. The molecule has 0 fully saturated rings. The zero-order chi connectivity index (χ0) is 19.1. The predicted molar refractivity (Wildman–Crippen MR) is 103 cm³/mol. The summed E-state index contributed by atoms with van der Waals surface area (Å²) in [4.78, 5) is 23.1. The smallest absolute Gasteiger partial charge is 0.280 e. The minimum Gasteiger partial charge on any atom is -0.488 e. The first-order valence-electron chi connectivity index (χ1n) is 7.95. The molecule has 27 heavy (non-hydrogen) atoms. The molecule has 136 valence electrons. The van der Waals surface area contributed by atoms with E-state index in [-0.39, 0.29) is 5.69 Å². The molecule has 0 aliphatic heterocycles. The number of rotatable bonds is 7. The third-order valence-corrected chi connectivity index (χ3v) is 4.40. The molecule has 0 saturated carbocycles. The van der Waals surface area contributed by atoms with Gasteiger partial charge in [0.05, 0.1) is 27.0 Å². The quantitative estimate of drug-likeness (QED) is 0.380. The molecule has 1 N–H and O–H groups in total. The van der Waals surface area contributed by atoms with Crippen LogP contribution < -0.4 is 10.2 Å². The Morgan fingerprint density at radius 3 is 2.67 bits per heavy atom. The normalized spacial score (nSPS) is 10.7. The summed E-state index contributed by atoms with van der Waals surface area (Å²) in [6.45, 7) is 0.341. The molecule has 0 bridgehead atoms. The highest BCUT2D eigenvalue weighted by atomic mass is 32.1. The van der Waals surface area contributed by atoms with E-state index in [0.717, 1.165) is 5.56 Å². The molecule has 3 rings (SSSR count). The van der Waals surface area contributed by atoms with E-state index in [9.17, 15) is 14.9 Å². The van der Waals surface area contributed by atoms with Gasteiger partial charge in [-0.05, 0) is 17.7 Å². The summed E-state index contributed by atoms with van der Waals surface area (Å²) in [7, 11) is 0. The number of nitro groups is 1. The fraction of sp³-hybridized carbons (Fsp3) is 0.0526. The van der Waals surface area contributed by atoms with Gasteiger partial charge in [0.1, 0.15) is 12.4 Å². The van der Waals surface area contributed by atoms with Gasteiger partial charge in [-0.15, -0.1) is 11.3 Å². The SMILES string of the molecule is O=C(NN=Cc1cc([N+](=O)[O-])cs1)c1ccccc1OCc1ccccc1. The fourth-order valence-electron chi connectivity index (χ4n) is 2.24. The van der Waals surface area contributed by atoms with Gasteiger partial charge < -0.3 is 4.74 Å². The number of hydrogen-bond donors (Lipinski definition) is 1. The summed E-state index contributed by atoms with van der Waals surface area (Å²) in [5.74, 6) is 0.0155. The molecule has 3 aromatic rings. The third-order valence-electron chi connectivity index (χ3n) is 3.54. The maximum atomic E-state index is 12.4. The Hall–Kier alpha value is -3.52. The Morgan fingerprint density at radius 2 is 1.93 bits per heavy atom. The van der Waals surface area contributed by atoms with E-state index in [1.807, 2.05) is 30.3 Å². The maximum Gasteiger partial charge on any atom is 0.280 e. The standard InChI is InChI=1S/C19H15N3O4S/c23-19(21-20-11-16-10-15(13-27-16)22(24)25)17-8-4-5-9-18(17)26-12-14-6-2-1-3-7-14/h1-11,13H,12H2,(H,21,23). The van der Waals surface area contributed by atoms with Crippen molar-refractivity contribution in [2.24, 2.45) is 5.10 Å². The first-order chi connectivity index (χ1) is 13.1. The van der Waals surface area contributed by atoms with Crippen LogP contribution in [0, 0.1) is 10.1 Å². The molecule has 0 aliphatic rings. The van der Waals surface area contributed by atoms with Crippen LogP contribution >= 0.6 is 11.3 Å². The largest absolute Gasteiger partial charge is 0.488 e. The number of nitrogens with zero attached hydrogens (tertiary/aromatic N) is 2. The average molecular weight is 381 g/mol. The van der Waals surface area contributed by atoms with E-state index < -0.39 is 10.8 Å². The lowest BCUT2D eigenvalue weighted by molar-refractivity contribution is -0.384. The Labute approximate surface area is 159 Å². The predicted octanol–water partition coefficient (Wildman–Crippen LogP) is 4.00. The van der Waals surface area contributed by atoms with E-state index in [2.05, 4.69) is 10.5 Å². The van der Waals surface area contributed by atoms with Crippen LogP contribution in [0.2, 0.25) is 0 Å². The van der Waals surface area contributed by atoms with Gasteiger partial charge in [0, 0.05) is 6.07 Å². The molecule has 1 amide bonds. The van der Waals surface area contributed by atoms with Gasteiger partial charge >= 0.3 is 0 Å². The van der Waals surface area contributed by atoms with Crippen LogP contribution in [-0.2, 0) is 6.61 Å². The summed E-state index contributed by atoms with van der Waals surface area (Å²) in [5, 5.41) is 15.9. The minimum atomic E-state index is -0.479. The van der Waals surface area contributed by atoms with Gasteiger partial charge in [-0.1, -0.05) is 42.5 Å². The van der Waals surface area contributed by atoms with Crippen LogP contribution in [0.15, 0.2) is 71.1 Å². The van der Waals surface area contributed by atoms with Gasteiger partial charge in [0.25, 0.3) is 11.6 Å². The highest BCUT2D eigenvalue weighted by Crippen LogP contribution is 2.20. The topological polar surface area (TPSA) is 93.8 Å². The molecular formula is C19H15N3O4S. The molecule has 1 heterocycles. The van der Waals surface area contributed by atoms with Crippen molar-refractivity contribution in [1.29, 1.82) is 0 Å². The van der Waals surface area contributed by atoms with Gasteiger partial charge in [0.15, 0.2) is 0 Å². The summed E-state index contributed by atoms with van der Waals surface area (Å²) >= 11 is 1.17. The molecule has 0 radical (unpaired) electrons. The van der Waals surface area contributed by atoms with Crippen molar-refractivity contribution >= 4 is 29.1 Å². The lowest BCUT2D eigenvalue weighted by Crippen LogP contribution is -2.18. The lowest BCUT2D eigenvalue weighted by Gasteiger charge is -2.10. The van der Waals surface area contributed by atoms with Crippen molar-refractivity contribution in [2.45, 2.75) is 6.61 Å². The van der Waals surface area contributed by atoms with Crippen molar-refractivity contribution in [3.8, 4) is 5.75 Å². The van der Waals surface area contributed by atoms with Gasteiger partial charge in [0.2, 0.25) is 0 Å². The molecule has 7 nitrogen and oxygen atoms in total. The van der Waals surface area contributed by atoms with E-state index >= 15 is 0 Å². The van der Waals surface area contributed by atoms with E-state index in [1.54, 1.807) is 24.3 Å². The van der Waals surface area contributed by atoms with Crippen LogP contribution in [0.5, 0.6) is 5.75 Å². The number of thiophene rings is 1. The Bertz CT molecular complexity index is 970. The number of hydrogen-bond acceptors (Lipinski definition) is 6. The van der Waals surface area contributed by atoms with Crippen LogP contribution in [-0.4, -0.2) is 17.0 Å². The Balaban J connectivity index is 1.64. The molecule has 0 spiro atoms. The Kier molecular flexibility index (Phi) is 5.91. The molecule has 8 heteroatoms. The molecule has 0 saturated heterocycles. The van der Waals surface area contributed by atoms with Crippen LogP contribution in [0.4, 0.5) is 5.69 Å². The minimum absolute atomic E-state index is 0.00701. The number of ether oxygens (including phenoxy) is 1. The second-order valence-corrected chi connectivity index (χ2v) is 6.38. The third kappa shape index (κ3) is 4.99. The maximum absolute atomic E-state index is 12.4. The zero-order valence-electron chi connectivity index (χ0n) is 14.1. The van der Waals surface area contributed by atoms with Crippen molar-refractivity contribution in [1.82, 2.24) is 5.43 Å². The number of amides is 1. The second-order valence-electron chi connectivity index (χ2n) is 5.43. The molecule has 0 aliphatic carbocycles. The first kappa shape index (κ1) is 18.3. The number of hydrazone groups is 1. The number of carbonyl (C=O) groups is 1. The zero-order valence-corrected chi connectivity index (χ0v) is 14.9.